The van der Waals surface area contributed by atoms with Gasteiger partial charge < -0.3 is 10.1 Å². The molecule has 114 valence electrons. The lowest BCUT2D eigenvalue weighted by molar-refractivity contribution is -0.134. The highest BCUT2D eigenvalue weighted by molar-refractivity contribution is 7.92. The van der Waals surface area contributed by atoms with E-state index in [-0.39, 0.29) is 11.4 Å². The minimum absolute atomic E-state index is 0.193. The summed E-state index contributed by atoms with van der Waals surface area (Å²) in [6.45, 7) is 1.52. The lowest BCUT2D eigenvalue weighted by atomic mass is 10.3. The van der Waals surface area contributed by atoms with Gasteiger partial charge in [-0.1, -0.05) is 0 Å². The molecule has 1 aromatic heterocycles. The highest BCUT2D eigenvalue weighted by atomic mass is 32.2. The summed E-state index contributed by atoms with van der Waals surface area (Å²) in [5.41, 5.74) is -0.140. The third-order valence-electron chi connectivity index (χ3n) is 2.30. The molecule has 0 amide bonds. The first kappa shape index (κ1) is 16.3. The summed E-state index contributed by atoms with van der Waals surface area (Å²) in [5, 5.41) is 8.84. The molecular weight excluding hydrogens is 301 g/mol. The van der Waals surface area contributed by atoms with Gasteiger partial charge in [0.2, 0.25) is 10.0 Å². The molecule has 1 heterocycles. The summed E-state index contributed by atoms with van der Waals surface area (Å²) in [6.07, 6.45) is -6.23. The number of sulfonamides is 1. The maximum absolute atomic E-state index is 11.9. The third-order valence-corrected chi connectivity index (χ3v) is 3.66. The van der Waals surface area contributed by atoms with E-state index < -0.39 is 40.8 Å². The van der Waals surface area contributed by atoms with E-state index >= 15 is 0 Å². The number of H-pyrrole nitrogens is 1. The molecule has 0 unspecified atom stereocenters. The van der Waals surface area contributed by atoms with Crippen LogP contribution >= 0.6 is 0 Å². The number of anilines is 1. The Kier molecular flexibility index (Phi) is 4.69. The van der Waals surface area contributed by atoms with E-state index in [0.717, 1.165) is 0 Å². The Balaban J connectivity index is 2.74. The van der Waals surface area contributed by atoms with E-state index in [4.69, 9.17) is 5.11 Å². The van der Waals surface area contributed by atoms with Gasteiger partial charge >= 0.3 is 12.1 Å². The van der Waals surface area contributed by atoms with Crippen molar-refractivity contribution in [2.24, 2.45) is 0 Å². The van der Waals surface area contributed by atoms with Crippen LogP contribution in [-0.2, 0) is 10.0 Å². The summed E-state index contributed by atoms with van der Waals surface area (Å²) in [7, 11) is -4.03. The molecule has 0 fully saturated rings. The fourth-order valence-corrected chi connectivity index (χ4v) is 2.64. The van der Waals surface area contributed by atoms with Crippen LogP contribution in [0.4, 0.5) is 18.9 Å². The predicted octanol–water partition coefficient (Wildman–Crippen LogP) is 2.11. The van der Waals surface area contributed by atoms with Gasteiger partial charge in [0, 0.05) is 12.1 Å². The van der Waals surface area contributed by atoms with Crippen molar-refractivity contribution in [3.8, 4) is 0 Å². The molecule has 0 aromatic carbocycles. The van der Waals surface area contributed by atoms with Crippen LogP contribution in [0.5, 0.6) is 0 Å². The molecule has 0 saturated heterocycles. The van der Waals surface area contributed by atoms with E-state index in [1.807, 2.05) is 4.72 Å². The average molecular weight is 314 g/mol. The van der Waals surface area contributed by atoms with Crippen molar-refractivity contribution in [1.29, 1.82) is 0 Å². The first-order chi connectivity index (χ1) is 9.00. The van der Waals surface area contributed by atoms with E-state index in [0.29, 0.717) is 5.69 Å². The number of aryl methyl sites for hydroxylation is 1. The fourth-order valence-electron chi connectivity index (χ4n) is 1.52. The molecule has 3 N–H and O–H groups in total. The summed E-state index contributed by atoms with van der Waals surface area (Å²) in [6, 6.07) is 1.25. The van der Waals surface area contributed by atoms with E-state index in [1.54, 1.807) is 0 Å². The van der Waals surface area contributed by atoms with Crippen molar-refractivity contribution < 1.29 is 31.5 Å². The molecule has 1 aromatic rings. The van der Waals surface area contributed by atoms with Crippen LogP contribution in [0, 0.1) is 6.92 Å². The van der Waals surface area contributed by atoms with Gasteiger partial charge in [0.05, 0.1) is 11.4 Å². The maximum atomic E-state index is 11.9. The Morgan fingerprint density at radius 3 is 2.55 bits per heavy atom. The second-order valence-electron chi connectivity index (χ2n) is 4.19. The monoisotopic (exact) mass is 314 g/mol. The van der Waals surface area contributed by atoms with E-state index in [1.165, 1.54) is 13.0 Å². The van der Waals surface area contributed by atoms with Gasteiger partial charge in [-0.3, -0.25) is 4.72 Å². The zero-order valence-electron chi connectivity index (χ0n) is 10.4. The molecule has 6 nitrogen and oxygen atoms in total. The fraction of sp³-hybridized carbons (Fsp3) is 0.500. The van der Waals surface area contributed by atoms with Crippen LogP contribution in [0.3, 0.4) is 0 Å². The number of hydrogen-bond donors (Lipinski definition) is 3. The van der Waals surface area contributed by atoms with Crippen LogP contribution in [-0.4, -0.2) is 36.4 Å². The minimum atomic E-state index is -4.42. The number of aromatic amines is 1. The van der Waals surface area contributed by atoms with E-state index in [2.05, 4.69) is 4.98 Å². The van der Waals surface area contributed by atoms with Gasteiger partial charge in [-0.05, 0) is 19.4 Å². The number of carboxylic acids is 1. The Hall–Kier alpha value is -1.71. The standard InChI is InChI=1S/C10H13F3N2O4S/c1-6-5-7(8(14-6)9(16)17)15-20(18,19)4-2-3-10(11,12)13/h5,14-15H,2-4H2,1H3,(H,16,17). The number of carboxylic acid groups (broad SMARTS) is 1. The van der Waals surface area contributed by atoms with Crippen molar-refractivity contribution in [3.63, 3.8) is 0 Å². The van der Waals surface area contributed by atoms with Crippen LogP contribution in [0.15, 0.2) is 6.07 Å². The van der Waals surface area contributed by atoms with Crippen LogP contribution < -0.4 is 4.72 Å². The number of halogens is 3. The largest absolute Gasteiger partial charge is 0.477 e. The lowest BCUT2D eigenvalue weighted by Gasteiger charge is -2.08. The van der Waals surface area contributed by atoms with E-state index in [9.17, 15) is 26.4 Å². The average Bonchev–Trinajstić information content (AvgIpc) is 2.55. The number of hydrogen-bond acceptors (Lipinski definition) is 3. The quantitative estimate of drug-likeness (QED) is 0.748. The molecule has 0 aliphatic carbocycles. The van der Waals surface area contributed by atoms with Crippen LogP contribution in [0.1, 0.15) is 29.0 Å². The molecular formula is C10H13F3N2O4S. The predicted molar refractivity (Wildman–Crippen MR) is 65.2 cm³/mol. The Labute approximate surface area is 113 Å². The van der Waals surface area contributed by atoms with Gasteiger partial charge in [0.25, 0.3) is 0 Å². The van der Waals surface area contributed by atoms with Gasteiger partial charge in [-0.15, -0.1) is 0 Å². The summed E-state index contributed by atoms with van der Waals surface area (Å²) in [5.74, 6) is -2.11. The molecule has 0 bridgehead atoms. The zero-order valence-corrected chi connectivity index (χ0v) is 11.2. The second-order valence-corrected chi connectivity index (χ2v) is 6.03. The highest BCUT2D eigenvalue weighted by Crippen LogP contribution is 2.23. The molecule has 1 rings (SSSR count). The molecule has 0 spiro atoms. The van der Waals surface area contributed by atoms with Crippen LogP contribution in [0.25, 0.3) is 0 Å². The van der Waals surface area contributed by atoms with Gasteiger partial charge in [0.1, 0.15) is 5.69 Å². The molecule has 0 radical (unpaired) electrons. The summed E-state index contributed by atoms with van der Waals surface area (Å²) >= 11 is 0. The number of carbonyl (C=O) groups is 1. The number of aromatic carboxylic acids is 1. The first-order valence-electron chi connectivity index (χ1n) is 5.50. The van der Waals surface area contributed by atoms with Gasteiger partial charge in [0.15, 0.2) is 0 Å². The summed E-state index contributed by atoms with van der Waals surface area (Å²) < 4.78 is 60.9. The van der Waals surface area contributed by atoms with Crippen LogP contribution in [0.2, 0.25) is 0 Å². The molecule has 20 heavy (non-hydrogen) atoms. The molecule has 10 heteroatoms. The van der Waals surface area contributed by atoms with Gasteiger partial charge in [-0.25, -0.2) is 13.2 Å². The first-order valence-corrected chi connectivity index (χ1v) is 7.15. The molecule has 0 saturated carbocycles. The topological polar surface area (TPSA) is 99.3 Å². The number of aromatic nitrogens is 1. The minimum Gasteiger partial charge on any atom is -0.477 e. The zero-order chi connectivity index (χ0) is 15.6. The third kappa shape index (κ3) is 5.11. The number of rotatable bonds is 6. The van der Waals surface area contributed by atoms with Crippen molar-refractivity contribution in [2.45, 2.75) is 25.9 Å². The SMILES string of the molecule is Cc1cc(NS(=O)(=O)CCCC(F)(F)F)c(C(=O)O)[nH]1. The Morgan fingerprint density at radius 2 is 2.05 bits per heavy atom. The smallest absolute Gasteiger partial charge is 0.389 e. The second kappa shape index (κ2) is 5.73. The van der Waals surface area contributed by atoms with Crippen molar-refractivity contribution in [3.05, 3.63) is 17.5 Å². The Morgan fingerprint density at radius 1 is 1.45 bits per heavy atom. The summed E-state index contributed by atoms with van der Waals surface area (Å²) in [4.78, 5) is 13.3. The Bertz CT molecular complexity index is 592. The lowest BCUT2D eigenvalue weighted by Crippen LogP contribution is -2.19. The van der Waals surface area contributed by atoms with Crippen molar-refractivity contribution >= 4 is 21.7 Å². The normalized spacial score (nSPS) is 12.4. The molecule has 0 aliphatic heterocycles. The highest BCUT2D eigenvalue weighted by Gasteiger charge is 2.27. The van der Waals surface area contributed by atoms with Crippen molar-refractivity contribution in [2.75, 3.05) is 10.5 Å². The number of alkyl halides is 3. The molecule has 0 aliphatic rings. The van der Waals surface area contributed by atoms with Gasteiger partial charge in [-0.2, -0.15) is 13.2 Å². The van der Waals surface area contributed by atoms with Crippen molar-refractivity contribution in [1.82, 2.24) is 4.98 Å². The maximum Gasteiger partial charge on any atom is 0.389 e. The molecule has 0 atom stereocenters. The number of nitrogens with one attached hydrogen (secondary N) is 2.